The molecule has 5 nitrogen and oxygen atoms in total. The Morgan fingerprint density at radius 1 is 1.44 bits per heavy atom. The first-order chi connectivity index (χ1) is 8.72. The summed E-state index contributed by atoms with van der Waals surface area (Å²) in [6.45, 7) is 1.95. The number of halogens is 1. The first-order valence-electron chi connectivity index (χ1n) is 5.87. The lowest BCUT2D eigenvalue weighted by molar-refractivity contribution is -0.121. The molecule has 0 fully saturated rings. The van der Waals surface area contributed by atoms with Gasteiger partial charge in [-0.2, -0.15) is 0 Å². The molecule has 2 N–H and O–H groups in total. The molecule has 0 atom stereocenters. The van der Waals surface area contributed by atoms with Crippen LogP contribution in [0.2, 0.25) is 0 Å². The molecule has 0 spiro atoms. The Morgan fingerprint density at radius 2 is 2.28 bits per heavy atom. The van der Waals surface area contributed by atoms with E-state index in [0.29, 0.717) is 31.7 Å². The normalized spacial score (nSPS) is 10.1. The zero-order valence-electron chi connectivity index (χ0n) is 10.4. The second-order valence-electron chi connectivity index (χ2n) is 3.74. The van der Waals surface area contributed by atoms with Crippen molar-refractivity contribution in [1.82, 2.24) is 15.6 Å². The summed E-state index contributed by atoms with van der Waals surface area (Å²) in [6, 6.07) is 1.85. The van der Waals surface area contributed by atoms with Crippen molar-refractivity contribution < 1.29 is 9.53 Å². The van der Waals surface area contributed by atoms with Crippen molar-refractivity contribution in [3.05, 3.63) is 22.9 Å². The molecule has 0 aliphatic heterocycles. The maximum atomic E-state index is 11.4. The monoisotopic (exact) mass is 315 g/mol. The van der Waals surface area contributed by atoms with E-state index in [1.807, 2.05) is 13.1 Å². The third-order valence-electron chi connectivity index (χ3n) is 2.19. The first kappa shape index (κ1) is 14.9. The Morgan fingerprint density at radius 3 is 3.00 bits per heavy atom. The van der Waals surface area contributed by atoms with Crippen molar-refractivity contribution in [1.29, 1.82) is 0 Å². The van der Waals surface area contributed by atoms with E-state index in [0.717, 1.165) is 11.0 Å². The fourth-order valence-electron chi connectivity index (χ4n) is 1.31. The predicted molar refractivity (Wildman–Crippen MR) is 73.6 cm³/mol. The highest BCUT2D eigenvalue weighted by molar-refractivity contribution is 9.10. The van der Waals surface area contributed by atoms with Crippen molar-refractivity contribution in [2.24, 2.45) is 0 Å². The van der Waals surface area contributed by atoms with Gasteiger partial charge in [-0.15, -0.1) is 0 Å². The minimum Gasteiger partial charge on any atom is -0.492 e. The zero-order chi connectivity index (χ0) is 13.2. The number of ether oxygens (including phenoxy) is 1. The molecule has 0 bridgehead atoms. The number of pyridine rings is 1. The van der Waals surface area contributed by atoms with E-state index in [1.165, 1.54) is 0 Å². The van der Waals surface area contributed by atoms with Crippen LogP contribution in [-0.2, 0) is 4.79 Å². The highest BCUT2D eigenvalue weighted by atomic mass is 79.9. The number of nitrogens with zero attached hydrogens (tertiary/aromatic N) is 1. The molecule has 0 unspecified atom stereocenters. The van der Waals surface area contributed by atoms with Crippen molar-refractivity contribution in [2.75, 3.05) is 26.7 Å². The Hall–Kier alpha value is -1.14. The number of rotatable bonds is 8. The van der Waals surface area contributed by atoms with Gasteiger partial charge in [0.15, 0.2) is 0 Å². The number of hydrogen-bond acceptors (Lipinski definition) is 4. The van der Waals surface area contributed by atoms with Gasteiger partial charge in [0.25, 0.3) is 0 Å². The number of carbonyl (C=O) groups is 1. The van der Waals surface area contributed by atoms with Crippen LogP contribution in [0.25, 0.3) is 0 Å². The number of nitrogens with one attached hydrogen (secondary N) is 2. The van der Waals surface area contributed by atoms with E-state index in [2.05, 4.69) is 31.5 Å². The minimum atomic E-state index is 0.0567. The fourth-order valence-corrected chi connectivity index (χ4v) is 1.65. The summed E-state index contributed by atoms with van der Waals surface area (Å²) in [6.07, 6.45) is 4.52. The molecule has 1 aromatic rings. The highest BCUT2D eigenvalue weighted by Crippen LogP contribution is 2.15. The molecule has 0 aromatic carbocycles. The summed E-state index contributed by atoms with van der Waals surface area (Å²) in [5.74, 6) is 0.765. The van der Waals surface area contributed by atoms with Crippen LogP contribution >= 0.6 is 15.9 Å². The molecular formula is C12H18BrN3O2. The number of amides is 1. The summed E-state index contributed by atoms with van der Waals surface area (Å²) < 4.78 is 6.36. The lowest BCUT2D eigenvalue weighted by Gasteiger charge is -2.06. The molecule has 6 heteroatoms. The fraction of sp³-hybridized carbons (Fsp3) is 0.500. The van der Waals surface area contributed by atoms with Crippen LogP contribution < -0.4 is 15.4 Å². The lowest BCUT2D eigenvalue weighted by atomic mass is 10.3. The molecule has 0 saturated carbocycles. The van der Waals surface area contributed by atoms with Crippen molar-refractivity contribution in [2.45, 2.75) is 12.8 Å². The molecule has 100 valence electrons. The van der Waals surface area contributed by atoms with E-state index < -0.39 is 0 Å². The molecule has 1 heterocycles. The molecule has 0 aliphatic rings. The van der Waals surface area contributed by atoms with Gasteiger partial charge >= 0.3 is 0 Å². The van der Waals surface area contributed by atoms with Gasteiger partial charge in [-0.1, -0.05) is 0 Å². The van der Waals surface area contributed by atoms with E-state index in [4.69, 9.17) is 4.74 Å². The second kappa shape index (κ2) is 8.88. The van der Waals surface area contributed by atoms with Gasteiger partial charge in [-0.3, -0.25) is 9.78 Å². The maximum Gasteiger partial charge on any atom is 0.220 e. The van der Waals surface area contributed by atoms with Gasteiger partial charge in [0.2, 0.25) is 5.91 Å². The topological polar surface area (TPSA) is 63.2 Å². The number of hydrogen-bond donors (Lipinski definition) is 2. The van der Waals surface area contributed by atoms with Crippen LogP contribution in [-0.4, -0.2) is 37.6 Å². The van der Waals surface area contributed by atoms with Gasteiger partial charge in [-0.05, 0) is 35.5 Å². The quantitative estimate of drug-likeness (QED) is 0.711. The van der Waals surface area contributed by atoms with Crippen LogP contribution in [0.3, 0.4) is 0 Å². The van der Waals surface area contributed by atoms with E-state index in [9.17, 15) is 4.79 Å². The standard InChI is InChI=1S/C12H18BrN3O2/c1-14-4-5-16-12(17)3-2-6-18-11-7-10(13)8-15-9-11/h7-9,14H,2-6H2,1H3,(H,16,17). The molecule has 0 radical (unpaired) electrons. The highest BCUT2D eigenvalue weighted by Gasteiger charge is 2.01. The van der Waals surface area contributed by atoms with Gasteiger partial charge < -0.3 is 15.4 Å². The number of carbonyl (C=O) groups excluding carboxylic acids is 1. The van der Waals surface area contributed by atoms with Crippen LogP contribution in [0.15, 0.2) is 22.9 Å². The smallest absolute Gasteiger partial charge is 0.220 e. The maximum absolute atomic E-state index is 11.4. The van der Waals surface area contributed by atoms with Crippen LogP contribution in [0.4, 0.5) is 0 Å². The van der Waals surface area contributed by atoms with Crippen molar-refractivity contribution in [3.8, 4) is 5.75 Å². The number of aromatic nitrogens is 1. The first-order valence-corrected chi connectivity index (χ1v) is 6.66. The van der Waals surface area contributed by atoms with Gasteiger partial charge in [0.1, 0.15) is 5.75 Å². The predicted octanol–water partition coefficient (Wildman–Crippen LogP) is 1.34. The molecule has 18 heavy (non-hydrogen) atoms. The molecule has 1 amide bonds. The Labute approximate surface area is 115 Å². The summed E-state index contributed by atoms with van der Waals surface area (Å²) in [4.78, 5) is 15.4. The zero-order valence-corrected chi connectivity index (χ0v) is 12.0. The second-order valence-corrected chi connectivity index (χ2v) is 4.66. The number of likely N-dealkylation sites (N-methyl/N-ethyl adjacent to an activating group) is 1. The van der Waals surface area contributed by atoms with Gasteiger partial charge in [0.05, 0.1) is 12.8 Å². The molecule has 0 saturated heterocycles. The molecule has 0 aliphatic carbocycles. The SMILES string of the molecule is CNCCNC(=O)CCCOc1cncc(Br)c1. The van der Waals surface area contributed by atoms with Crippen LogP contribution in [0, 0.1) is 0 Å². The van der Waals surface area contributed by atoms with E-state index in [-0.39, 0.29) is 5.91 Å². The van der Waals surface area contributed by atoms with Crippen molar-refractivity contribution in [3.63, 3.8) is 0 Å². The third kappa shape index (κ3) is 6.56. The van der Waals surface area contributed by atoms with E-state index in [1.54, 1.807) is 12.4 Å². The van der Waals surface area contributed by atoms with Crippen molar-refractivity contribution >= 4 is 21.8 Å². The molecule has 1 rings (SSSR count). The summed E-state index contributed by atoms with van der Waals surface area (Å²) in [5.41, 5.74) is 0. The Bertz CT molecular complexity index is 374. The van der Waals surface area contributed by atoms with E-state index >= 15 is 0 Å². The van der Waals surface area contributed by atoms with Gasteiger partial charge in [0, 0.05) is 30.2 Å². The molecule has 1 aromatic heterocycles. The van der Waals surface area contributed by atoms with Crippen LogP contribution in [0.5, 0.6) is 5.75 Å². The largest absolute Gasteiger partial charge is 0.492 e. The third-order valence-corrected chi connectivity index (χ3v) is 2.63. The Balaban J connectivity index is 2.09. The summed E-state index contributed by atoms with van der Waals surface area (Å²) in [5, 5.41) is 5.78. The Kier molecular flexibility index (Phi) is 7.36. The van der Waals surface area contributed by atoms with Gasteiger partial charge in [-0.25, -0.2) is 0 Å². The van der Waals surface area contributed by atoms with Crippen LogP contribution in [0.1, 0.15) is 12.8 Å². The minimum absolute atomic E-state index is 0.0567. The summed E-state index contributed by atoms with van der Waals surface area (Å²) in [7, 11) is 1.85. The summed E-state index contributed by atoms with van der Waals surface area (Å²) >= 11 is 3.32. The molecular weight excluding hydrogens is 298 g/mol. The average Bonchev–Trinajstić information content (AvgIpc) is 2.35. The lowest BCUT2D eigenvalue weighted by Crippen LogP contribution is -2.30. The average molecular weight is 316 g/mol.